The van der Waals surface area contributed by atoms with Crippen LogP contribution in [0.2, 0.25) is 0 Å². The van der Waals surface area contributed by atoms with Gasteiger partial charge in [-0.2, -0.15) is 0 Å². The number of carbonyl (C=O) groups excluding carboxylic acids is 2. The van der Waals surface area contributed by atoms with E-state index < -0.39 is 0 Å². The summed E-state index contributed by atoms with van der Waals surface area (Å²) in [5.74, 6) is -0.0337. The molecule has 1 fully saturated rings. The number of rotatable bonds is 2. The van der Waals surface area contributed by atoms with Crippen LogP contribution in [-0.4, -0.2) is 43.1 Å². The van der Waals surface area contributed by atoms with Crippen molar-refractivity contribution in [2.75, 3.05) is 31.1 Å². The summed E-state index contributed by atoms with van der Waals surface area (Å²) in [6.07, 6.45) is 1.58. The quantitative estimate of drug-likeness (QED) is 0.825. The summed E-state index contributed by atoms with van der Waals surface area (Å²) in [7, 11) is 0. The zero-order chi connectivity index (χ0) is 14.1. The first-order valence-corrected chi connectivity index (χ1v) is 6.97. The number of fused-ring (bicyclic) bond motifs is 1. The van der Waals surface area contributed by atoms with Crippen molar-refractivity contribution in [2.45, 2.75) is 19.8 Å². The molecule has 2 aliphatic rings. The zero-order valence-corrected chi connectivity index (χ0v) is 11.6. The lowest BCUT2D eigenvalue weighted by atomic mass is 9.99. The molecule has 5 nitrogen and oxygen atoms in total. The number of hydrogen-bond acceptors (Lipinski definition) is 3. The second kappa shape index (κ2) is 5.15. The number of nitrogens with zero attached hydrogens (tertiary/aromatic N) is 2. The average Bonchev–Trinajstić information content (AvgIpc) is 2.83. The fourth-order valence-corrected chi connectivity index (χ4v) is 2.80. The van der Waals surface area contributed by atoms with Gasteiger partial charge < -0.3 is 9.64 Å². The van der Waals surface area contributed by atoms with Crippen molar-refractivity contribution in [3.63, 3.8) is 0 Å². The van der Waals surface area contributed by atoms with Gasteiger partial charge in [0.1, 0.15) is 13.2 Å². The van der Waals surface area contributed by atoms with E-state index in [2.05, 4.69) is 13.0 Å². The molecule has 0 aliphatic carbocycles. The van der Waals surface area contributed by atoms with Gasteiger partial charge in [0, 0.05) is 12.2 Å². The Balaban J connectivity index is 1.78. The number of anilines is 1. The first kappa shape index (κ1) is 13.0. The molecule has 1 saturated heterocycles. The van der Waals surface area contributed by atoms with Gasteiger partial charge in [0.15, 0.2) is 0 Å². The topological polar surface area (TPSA) is 49.9 Å². The molecule has 1 aromatic carbocycles. The Kier molecular flexibility index (Phi) is 3.34. The molecule has 1 aromatic rings. The van der Waals surface area contributed by atoms with Gasteiger partial charge in [0.2, 0.25) is 5.91 Å². The van der Waals surface area contributed by atoms with Gasteiger partial charge in [-0.05, 0) is 31.4 Å². The third-order valence-corrected chi connectivity index (χ3v) is 3.83. The molecule has 106 valence electrons. The fourth-order valence-electron chi connectivity index (χ4n) is 2.80. The molecule has 2 heterocycles. The second-order valence-corrected chi connectivity index (χ2v) is 5.32. The second-order valence-electron chi connectivity index (χ2n) is 5.32. The first-order valence-electron chi connectivity index (χ1n) is 6.97. The molecule has 0 radical (unpaired) electrons. The van der Waals surface area contributed by atoms with E-state index in [1.54, 1.807) is 4.90 Å². The Hall–Kier alpha value is -2.04. The number of amides is 2. The summed E-state index contributed by atoms with van der Waals surface area (Å²) in [5.41, 5.74) is 3.41. The van der Waals surface area contributed by atoms with Crippen LogP contribution >= 0.6 is 0 Å². The van der Waals surface area contributed by atoms with Gasteiger partial charge in [-0.3, -0.25) is 9.69 Å². The number of cyclic esters (lactones) is 1. The number of benzene rings is 1. The molecule has 2 amide bonds. The van der Waals surface area contributed by atoms with Gasteiger partial charge in [-0.15, -0.1) is 0 Å². The molecular weight excluding hydrogens is 256 g/mol. The predicted octanol–water partition coefficient (Wildman–Crippen LogP) is 1.73. The lowest BCUT2D eigenvalue weighted by molar-refractivity contribution is -0.119. The SMILES string of the molecule is Cc1ccc2c(c1)CCCN2C(=O)CN1CCOC1=O. The highest BCUT2D eigenvalue weighted by atomic mass is 16.6. The van der Waals surface area contributed by atoms with E-state index in [0.29, 0.717) is 13.2 Å². The van der Waals surface area contributed by atoms with Crippen LogP contribution in [0, 0.1) is 6.92 Å². The summed E-state index contributed by atoms with van der Waals surface area (Å²) >= 11 is 0. The Labute approximate surface area is 118 Å². The molecule has 5 heteroatoms. The number of aryl methyl sites for hydroxylation is 2. The van der Waals surface area contributed by atoms with E-state index in [-0.39, 0.29) is 18.5 Å². The highest BCUT2D eigenvalue weighted by Gasteiger charge is 2.28. The van der Waals surface area contributed by atoms with E-state index in [9.17, 15) is 9.59 Å². The standard InChI is InChI=1S/C15H18N2O3/c1-11-4-5-13-12(9-11)3-2-6-17(13)14(18)10-16-7-8-20-15(16)19/h4-5,9H,2-3,6-8,10H2,1H3. The lowest BCUT2D eigenvalue weighted by Gasteiger charge is -2.30. The summed E-state index contributed by atoms with van der Waals surface area (Å²) in [5, 5.41) is 0. The van der Waals surface area contributed by atoms with E-state index in [1.807, 2.05) is 12.1 Å². The number of ether oxygens (including phenoxy) is 1. The monoisotopic (exact) mass is 274 g/mol. The summed E-state index contributed by atoms with van der Waals surface area (Å²) < 4.78 is 4.86. The van der Waals surface area contributed by atoms with Gasteiger partial charge in [-0.25, -0.2) is 4.79 Å². The largest absolute Gasteiger partial charge is 0.448 e. The van der Waals surface area contributed by atoms with Crippen LogP contribution in [0.1, 0.15) is 17.5 Å². The maximum atomic E-state index is 12.4. The van der Waals surface area contributed by atoms with Crippen LogP contribution in [0.3, 0.4) is 0 Å². The van der Waals surface area contributed by atoms with Crippen molar-refractivity contribution in [3.05, 3.63) is 29.3 Å². The zero-order valence-electron chi connectivity index (χ0n) is 11.6. The molecule has 2 aliphatic heterocycles. The minimum atomic E-state index is -0.389. The molecular formula is C15H18N2O3. The average molecular weight is 274 g/mol. The van der Waals surface area contributed by atoms with Gasteiger partial charge in [0.05, 0.1) is 6.54 Å². The third kappa shape index (κ3) is 2.35. The lowest BCUT2D eigenvalue weighted by Crippen LogP contribution is -2.43. The highest BCUT2D eigenvalue weighted by Crippen LogP contribution is 2.28. The molecule has 0 spiro atoms. The van der Waals surface area contributed by atoms with Crippen LogP contribution in [0.5, 0.6) is 0 Å². The number of hydrogen-bond donors (Lipinski definition) is 0. The first-order chi connectivity index (χ1) is 9.65. The minimum Gasteiger partial charge on any atom is -0.448 e. The Morgan fingerprint density at radius 1 is 1.35 bits per heavy atom. The maximum Gasteiger partial charge on any atom is 0.410 e. The molecule has 0 saturated carbocycles. The van der Waals surface area contributed by atoms with Crippen LogP contribution in [-0.2, 0) is 16.0 Å². The van der Waals surface area contributed by atoms with Gasteiger partial charge >= 0.3 is 6.09 Å². The summed E-state index contributed by atoms with van der Waals surface area (Å²) in [6.45, 7) is 3.76. The minimum absolute atomic E-state index is 0.0337. The van der Waals surface area contributed by atoms with E-state index in [1.165, 1.54) is 16.0 Å². The van der Waals surface area contributed by atoms with Crippen LogP contribution in [0.4, 0.5) is 10.5 Å². The predicted molar refractivity (Wildman–Crippen MR) is 74.8 cm³/mol. The fraction of sp³-hybridized carbons (Fsp3) is 0.467. The van der Waals surface area contributed by atoms with Gasteiger partial charge in [-0.1, -0.05) is 17.7 Å². The number of carbonyl (C=O) groups is 2. The van der Waals surface area contributed by atoms with Crippen molar-refractivity contribution >= 4 is 17.7 Å². The molecule has 20 heavy (non-hydrogen) atoms. The van der Waals surface area contributed by atoms with Crippen LogP contribution in [0.15, 0.2) is 18.2 Å². The van der Waals surface area contributed by atoms with Gasteiger partial charge in [0.25, 0.3) is 0 Å². The van der Waals surface area contributed by atoms with E-state index >= 15 is 0 Å². The smallest absolute Gasteiger partial charge is 0.410 e. The maximum absolute atomic E-state index is 12.4. The van der Waals surface area contributed by atoms with Crippen LogP contribution in [0.25, 0.3) is 0 Å². The van der Waals surface area contributed by atoms with E-state index in [4.69, 9.17) is 4.74 Å². The summed E-state index contributed by atoms with van der Waals surface area (Å²) in [6, 6.07) is 6.16. The van der Waals surface area contributed by atoms with Crippen LogP contribution < -0.4 is 4.90 Å². The Morgan fingerprint density at radius 2 is 2.20 bits per heavy atom. The van der Waals surface area contributed by atoms with Crippen molar-refractivity contribution in [3.8, 4) is 0 Å². The molecule has 3 rings (SSSR count). The molecule has 0 aromatic heterocycles. The molecule has 0 bridgehead atoms. The molecule has 0 unspecified atom stereocenters. The molecule has 0 atom stereocenters. The Bertz CT molecular complexity index is 556. The Morgan fingerprint density at radius 3 is 2.95 bits per heavy atom. The van der Waals surface area contributed by atoms with Crippen molar-refractivity contribution in [1.29, 1.82) is 0 Å². The van der Waals surface area contributed by atoms with Crippen molar-refractivity contribution < 1.29 is 14.3 Å². The highest BCUT2D eigenvalue weighted by molar-refractivity contribution is 5.97. The normalized spacial score (nSPS) is 17.9. The van der Waals surface area contributed by atoms with E-state index in [0.717, 1.165) is 25.1 Å². The third-order valence-electron chi connectivity index (χ3n) is 3.83. The van der Waals surface area contributed by atoms with Crippen molar-refractivity contribution in [1.82, 2.24) is 4.90 Å². The summed E-state index contributed by atoms with van der Waals surface area (Å²) in [4.78, 5) is 27.1. The van der Waals surface area contributed by atoms with Crippen molar-refractivity contribution in [2.24, 2.45) is 0 Å². The molecule has 0 N–H and O–H groups in total.